The highest BCUT2D eigenvalue weighted by Gasteiger charge is 2.15. The Labute approximate surface area is 128 Å². The van der Waals surface area contributed by atoms with Crippen LogP contribution in [0.3, 0.4) is 0 Å². The molecule has 0 saturated heterocycles. The molecule has 0 aliphatic rings. The molecule has 3 heterocycles. The molecule has 0 bridgehead atoms. The van der Waals surface area contributed by atoms with Crippen LogP contribution in [0.2, 0.25) is 5.15 Å². The van der Waals surface area contributed by atoms with Gasteiger partial charge in [0, 0.05) is 29.4 Å². The first kappa shape index (κ1) is 13.9. The third-order valence-corrected chi connectivity index (χ3v) is 3.14. The Morgan fingerprint density at radius 3 is 2.81 bits per heavy atom. The standard InChI is InChI=1S/C16H16ClN3O/c1-16(2,3)21-14-8-10(7-13(17)20-14)12-9-19-15-11(12)5-4-6-18-15/h4-9H,1-3H3,(H,18,19). The first-order valence-electron chi connectivity index (χ1n) is 6.71. The van der Waals surface area contributed by atoms with E-state index in [2.05, 4.69) is 15.0 Å². The first-order chi connectivity index (χ1) is 9.92. The minimum Gasteiger partial charge on any atom is -0.472 e. The molecule has 108 valence electrons. The molecule has 4 nitrogen and oxygen atoms in total. The summed E-state index contributed by atoms with van der Waals surface area (Å²) >= 11 is 6.13. The summed E-state index contributed by atoms with van der Waals surface area (Å²) in [4.78, 5) is 11.7. The van der Waals surface area contributed by atoms with Crippen LogP contribution in [0.15, 0.2) is 36.7 Å². The van der Waals surface area contributed by atoms with Gasteiger partial charge in [-0.15, -0.1) is 0 Å². The summed E-state index contributed by atoms with van der Waals surface area (Å²) in [5.74, 6) is 0.517. The number of pyridine rings is 2. The van der Waals surface area contributed by atoms with Gasteiger partial charge < -0.3 is 9.72 Å². The van der Waals surface area contributed by atoms with E-state index in [1.54, 1.807) is 6.20 Å². The van der Waals surface area contributed by atoms with Gasteiger partial charge in [-0.05, 0) is 44.5 Å². The number of hydrogen-bond donors (Lipinski definition) is 1. The third-order valence-electron chi connectivity index (χ3n) is 2.94. The van der Waals surface area contributed by atoms with Gasteiger partial charge in [-0.1, -0.05) is 11.6 Å². The minimum atomic E-state index is -0.323. The molecular weight excluding hydrogens is 286 g/mol. The summed E-state index contributed by atoms with van der Waals surface area (Å²) in [6, 6.07) is 7.65. The number of rotatable bonds is 2. The Morgan fingerprint density at radius 2 is 2.05 bits per heavy atom. The number of fused-ring (bicyclic) bond motifs is 1. The van der Waals surface area contributed by atoms with Gasteiger partial charge >= 0.3 is 0 Å². The fourth-order valence-electron chi connectivity index (χ4n) is 2.19. The maximum Gasteiger partial charge on any atom is 0.215 e. The van der Waals surface area contributed by atoms with Crippen LogP contribution < -0.4 is 4.74 Å². The second-order valence-corrected chi connectivity index (χ2v) is 6.22. The zero-order valence-electron chi connectivity index (χ0n) is 12.1. The summed E-state index contributed by atoms with van der Waals surface area (Å²) in [6.07, 6.45) is 3.68. The van der Waals surface area contributed by atoms with Gasteiger partial charge in [-0.25, -0.2) is 9.97 Å². The molecule has 0 saturated carbocycles. The Hall–Kier alpha value is -2.07. The molecule has 3 aromatic heterocycles. The topological polar surface area (TPSA) is 50.8 Å². The number of H-pyrrole nitrogens is 1. The van der Waals surface area contributed by atoms with Crippen molar-refractivity contribution < 1.29 is 4.74 Å². The predicted octanol–water partition coefficient (Wildman–Crippen LogP) is 4.46. The van der Waals surface area contributed by atoms with Gasteiger partial charge in [0.25, 0.3) is 0 Å². The summed E-state index contributed by atoms with van der Waals surface area (Å²) < 4.78 is 5.81. The number of halogens is 1. The number of aromatic amines is 1. The maximum atomic E-state index is 6.13. The van der Waals surface area contributed by atoms with Gasteiger partial charge in [-0.3, -0.25) is 0 Å². The van der Waals surface area contributed by atoms with Crippen molar-refractivity contribution in [1.82, 2.24) is 15.0 Å². The van der Waals surface area contributed by atoms with Crippen LogP contribution in [0, 0.1) is 0 Å². The van der Waals surface area contributed by atoms with Crippen LogP contribution in [0.4, 0.5) is 0 Å². The molecule has 21 heavy (non-hydrogen) atoms. The Kier molecular flexibility index (Phi) is 3.33. The average Bonchev–Trinajstić information content (AvgIpc) is 2.79. The van der Waals surface area contributed by atoms with E-state index in [1.165, 1.54) is 0 Å². The quantitative estimate of drug-likeness (QED) is 0.711. The van der Waals surface area contributed by atoms with Crippen molar-refractivity contribution in [2.24, 2.45) is 0 Å². The summed E-state index contributed by atoms with van der Waals surface area (Å²) in [7, 11) is 0. The summed E-state index contributed by atoms with van der Waals surface area (Å²) in [5, 5.41) is 1.45. The molecule has 1 N–H and O–H groups in total. The fraction of sp³-hybridized carbons (Fsp3) is 0.250. The molecule has 3 aromatic rings. The highest BCUT2D eigenvalue weighted by molar-refractivity contribution is 6.29. The predicted molar refractivity (Wildman–Crippen MR) is 84.7 cm³/mol. The van der Waals surface area contributed by atoms with Gasteiger partial charge in [0.2, 0.25) is 5.88 Å². The molecule has 0 spiro atoms. The molecule has 0 atom stereocenters. The number of nitrogens with zero attached hydrogens (tertiary/aromatic N) is 2. The molecule has 0 radical (unpaired) electrons. The van der Waals surface area contributed by atoms with E-state index >= 15 is 0 Å². The minimum absolute atomic E-state index is 0.323. The monoisotopic (exact) mass is 301 g/mol. The zero-order valence-corrected chi connectivity index (χ0v) is 12.9. The van der Waals surface area contributed by atoms with Crippen molar-refractivity contribution >= 4 is 22.6 Å². The highest BCUT2D eigenvalue weighted by Crippen LogP contribution is 2.31. The van der Waals surface area contributed by atoms with Crippen molar-refractivity contribution in [3.63, 3.8) is 0 Å². The summed E-state index contributed by atoms with van der Waals surface area (Å²) in [5.41, 5.74) is 2.50. The van der Waals surface area contributed by atoms with Gasteiger partial charge in [0.15, 0.2) is 0 Å². The molecule has 5 heteroatoms. The molecule has 0 unspecified atom stereocenters. The molecule has 0 aliphatic heterocycles. The SMILES string of the molecule is CC(C)(C)Oc1cc(-c2c[nH]c3ncccc23)cc(Cl)n1. The first-order valence-corrected chi connectivity index (χ1v) is 7.09. The van der Waals surface area contributed by atoms with Crippen molar-refractivity contribution in [3.8, 4) is 17.0 Å². The Bertz CT molecular complexity index is 790. The van der Waals surface area contributed by atoms with E-state index in [0.29, 0.717) is 11.0 Å². The average molecular weight is 302 g/mol. The van der Waals surface area contributed by atoms with Gasteiger partial charge in [-0.2, -0.15) is 0 Å². The lowest BCUT2D eigenvalue weighted by atomic mass is 10.1. The number of hydrogen-bond acceptors (Lipinski definition) is 3. The second-order valence-electron chi connectivity index (χ2n) is 5.83. The largest absolute Gasteiger partial charge is 0.472 e. The molecule has 0 aliphatic carbocycles. The second kappa shape index (κ2) is 5.04. The van der Waals surface area contributed by atoms with E-state index in [-0.39, 0.29) is 5.60 Å². The number of ether oxygens (including phenoxy) is 1. The van der Waals surface area contributed by atoms with Crippen LogP contribution in [0.1, 0.15) is 20.8 Å². The van der Waals surface area contributed by atoms with Crippen LogP contribution in [0.5, 0.6) is 5.88 Å². The van der Waals surface area contributed by atoms with Gasteiger partial charge in [0.1, 0.15) is 16.4 Å². The van der Waals surface area contributed by atoms with Crippen molar-refractivity contribution in [1.29, 1.82) is 0 Å². The third kappa shape index (κ3) is 3.00. The van der Waals surface area contributed by atoms with Crippen molar-refractivity contribution in [2.75, 3.05) is 0 Å². The lowest BCUT2D eigenvalue weighted by Crippen LogP contribution is -2.23. The summed E-state index contributed by atoms with van der Waals surface area (Å²) in [6.45, 7) is 5.93. The van der Waals surface area contributed by atoms with E-state index in [4.69, 9.17) is 16.3 Å². The Morgan fingerprint density at radius 1 is 1.24 bits per heavy atom. The molecule has 0 aromatic carbocycles. The van der Waals surface area contributed by atoms with Crippen LogP contribution in [-0.4, -0.2) is 20.6 Å². The lowest BCUT2D eigenvalue weighted by molar-refractivity contribution is 0.124. The van der Waals surface area contributed by atoms with Crippen molar-refractivity contribution in [2.45, 2.75) is 26.4 Å². The fourth-order valence-corrected chi connectivity index (χ4v) is 2.39. The highest BCUT2D eigenvalue weighted by atomic mass is 35.5. The molecule has 3 rings (SSSR count). The smallest absolute Gasteiger partial charge is 0.215 e. The van der Waals surface area contributed by atoms with Crippen LogP contribution >= 0.6 is 11.6 Å². The zero-order chi connectivity index (χ0) is 15.0. The van der Waals surface area contributed by atoms with Crippen LogP contribution in [-0.2, 0) is 0 Å². The molecule has 0 fully saturated rings. The van der Waals surface area contributed by atoms with E-state index < -0.39 is 0 Å². The van der Waals surface area contributed by atoms with Gasteiger partial charge in [0.05, 0.1) is 0 Å². The van der Waals surface area contributed by atoms with E-state index in [1.807, 2.05) is 51.2 Å². The van der Waals surface area contributed by atoms with Crippen molar-refractivity contribution in [3.05, 3.63) is 41.8 Å². The Balaban J connectivity index is 2.10. The molecular formula is C16H16ClN3O. The normalized spacial score (nSPS) is 11.8. The maximum absolute atomic E-state index is 6.13. The van der Waals surface area contributed by atoms with E-state index in [0.717, 1.165) is 22.2 Å². The number of nitrogens with one attached hydrogen (secondary N) is 1. The van der Waals surface area contributed by atoms with E-state index in [9.17, 15) is 0 Å². The van der Waals surface area contributed by atoms with Crippen LogP contribution in [0.25, 0.3) is 22.2 Å². The molecule has 0 amide bonds. The lowest BCUT2D eigenvalue weighted by Gasteiger charge is -2.20. The number of aromatic nitrogens is 3.